The van der Waals surface area contributed by atoms with Crippen molar-refractivity contribution in [2.24, 2.45) is 0 Å². The Labute approximate surface area is 145 Å². The molecule has 0 saturated carbocycles. The molecule has 0 unspecified atom stereocenters. The van der Waals surface area contributed by atoms with E-state index in [2.05, 4.69) is 5.32 Å². The molecule has 2 aromatic rings. The Balaban J connectivity index is 2.21. The highest BCUT2D eigenvalue weighted by Crippen LogP contribution is 2.26. The number of nitrogens with one attached hydrogen (secondary N) is 1. The Kier molecular flexibility index (Phi) is 6.21. The van der Waals surface area contributed by atoms with Crippen LogP contribution in [0.1, 0.15) is 34.6 Å². The number of halogens is 1. The lowest BCUT2D eigenvalue weighted by Crippen LogP contribution is -2.16. The largest absolute Gasteiger partial charge is 0.492 e. The monoisotopic (exact) mass is 347 g/mol. The topological polar surface area (TPSA) is 64.6 Å². The number of carbonyl (C=O) groups excluding carboxylic acids is 2. The number of rotatable bonds is 6. The van der Waals surface area contributed by atoms with Crippen molar-refractivity contribution in [1.29, 1.82) is 0 Å². The average molecular weight is 348 g/mol. The third-order valence-corrected chi connectivity index (χ3v) is 3.46. The summed E-state index contributed by atoms with van der Waals surface area (Å²) in [7, 11) is 0. The highest BCUT2D eigenvalue weighted by Gasteiger charge is 2.15. The molecule has 0 heterocycles. The van der Waals surface area contributed by atoms with Crippen LogP contribution in [0.3, 0.4) is 0 Å². The van der Waals surface area contributed by atoms with Gasteiger partial charge in [-0.15, -0.1) is 0 Å². The smallest absolute Gasteiger partial charge is 0.340 e. The van der Waals surface area contributed by atoms with Crippen molar-refractivity contribution < 1.29 is 19.1 Å². The molecule has 2 aromatic carbocycles. The van der Waals surface area contributed by atoms with Gasteiger partial charge in [-0.2, -0.15) is 0 Å². The van der Waals surface area contributed by atoms with E-state index in [4.69, 9.17) is 21.1 Å². The highest BCUT2D eigenvalue weighted by molar-refractivity contribution is 6.32. The fourth-order valence-electron chi connectivity index (χ4n) is 2.09. The number of hydrogen-bond acceptors (Lipinski definition) is 4. The lowest BCUT2D eigenvalue weighted by Gasteiger charge is -2.11. The third-order valence-electron chi connectivity index (χ3n) is 3.16. The summed E-state index contributed by atoms with van der Waals surface area (Å²) in [6.07, 6.45) is 0. The summed E-state index contributed by atoms with van der Waals surface area (Å²) < 4.78 is 10.3. The quantitative estimate of drug-likeness (QED) is 0.796. The summed E-state index contributed by atoms with van der Waals surface area (Å²) in [4.78, 5) is 24.3. The second-order valence-electron chi connectivity index (χ2n) is 4.80. The van der Waals surface area contributed by atoms with Gasteiger partial charge in [-0.05, 0) is 44.2 Å². The van der Waals surface area contributed by atoms with Crippen molar-refractivity contribution in [3.8, 4) is 5.75 Å². The first kappa shape index (κ1) is 17.8. The van der Waals surface area contributed by atoms with Gasteiger partial charge in [-0.3, -0.25) is 4.79 Å². The molecule has 0 aliphatic carbocycles. The van der Waals surface area contributed by atoms with Gasteiger partial charge in [0.05, 0.1) is 29.5 Å². The van der Waals surface area contributed by atoms with Crippen molar-refractivity contribution >= 4 is 29.2 Å². The Bertz CT molecular complexity index is 746. The highest BCUT2D eigenvalue weighted by atomic mass is 35.5. The van der Waals surface area contributed by atoms with Crippen LogP contribution in [0.5, 0.6) is 5.75 Å². The molecule has 0 radical (unpaired) electrons. The van der Waals surface area contributed by atoms with Crippen LogP contribution in [-0.4, -0.2) is 25.1 Å². The molecule has 1 N–H and O–H groups in total. The molecule has 0 aromatic heterocycles. The van der Waals surface area contributed by atoms with Crippen LogP contribution in [0.2, 0.25) is 5.02 Å². The van der Waals surface area contributed by atoms with E-state index in [1.807, 2.05) is 6.92 Å². The summed E-state index contributed by atoms with van der Waals surface area (Å²) in [5.74, 6) is -0.350. The number of esters is 1. The Morgan fingerprint density at radius 2 is 1.83 bits per heavy atom. The van der Waals surface area contributed by atoms with E-state index < -0.39 is 5.97 Å². The summed E-state index contributed by atoms with van der Waals surface area (Å²) in [5.41, 5.74) is 1.04. The number of carbonyl (C=O) groups is 2. The number of ether oxygens (including phenoxy) is 2. The van der Waals surface area contributed by atoms with Gasteiger partial charge in [0, 0.05) is 5.56 Å². The SMILES string of the molecule is CCOC(=O)c1ccccc1NC(=O)c1ccc(OCC)c(Cl)c1. The maximum Gasteiger partial charge on any atom is 0.340 e. The van der Waals surface area contributed by atoms with Crippen LogP contribution in [0.15, 0.2) is 42.5 Å². The van der Waals surface area contributed by atoms with E-state index in [0.717, 1.165) is 0 Å². The number of anilines is 1. The molecule has 24 heavy (non-hydrogen) atoms. The van der Waals surface area contributed by atoms with Gasteiger partial charge >= 0.3 is 5.97 Å². The first-order valence-corrected chi connectivity index (χ1v) is 7.94. The minimum absolute atomic E-state index is 0.260. The minimum Gasteiger partial charge on any atom is -0.492 e. The summed E-state index contributed by atoms with van der Waals surface area (Å²) >= 11 is 6.10. The van der Waals surface area contributed by atoms with Crippen LogP contribution in [0.4, 0.5) is 5.69 Å². The predicted octanol–water partition coefficient (Wildman–Crippen LogP) is 4.17. The van der Waals surface area contributed by atoms with E-state index in [9.17, 15) is 9.59 Å². The molecule has 0 aliphatic rings. The zero-order valence-electron chi connectivity index (χ0n) is 13.5. The molecule has 0 bridgehead atoms. The molecule has 0 atom stereocenters. The van der Waals surface area contributed by atoms with Gasteiger partial charge in [-0.25, -0.2) is 4.79 Å². The lowest BCUT2D eigenvalue weighted by molar-refractivity contribution is 0.0527. The Morgan fingerprint density at radius 1 is 1.08 bits per heavy atom. The van der Waals surface area contributed by atoms with Gasteiger partial charge in [0.25, 0.3) is 5.91 Å². The molecule has 0 saturated heterocycles. The van der Waals surface area contributed by atoms with Gasteiger partial charge in [0.15, 0.2) is 0 Å². The fourth-order valence-corrected chi connectivity index (χ4v) is 2.32. The zero-order chi connectivity index (χ0) is 17.5. The van der Waals surface area contributed by atoms with Crippen molar-refractivity contribution in [1.82, 2.24) is 0 Å². The van der Waals surface area contributed by atoms with Crippen molar-refractivity contribution in [2.75, 3.05) is 18.5 Å². The average Bonchev–Trinajstić information content (AvgIpc) is 2.57. The zero-order valence-corrected chi connectivity index (χ0v) is 14.2. The van der Waals surface area contributed by atoms with Crippen LogP contribution in [-0.2, 0) is 4.74 Å². The van der Waals surface area contributed by atoms with Crippen molar-refractivity contribution in [3.05, 3.63) is 58.6 Å². The molecule has 126 valence electrons. The Hall–Kier alpha value is -2.53. The van der Waals surface area contributed by atoms with E-state index in [1.165, 1.54) is 6.07 Å². The number of benzene rings is 2. The Morgan fingerprint density at radius 3 is 2.50 bits per heavy atom. The second-order valence-corrected chi connectivity index (χ2v) is 5.21. The number of amides is 1. The predicted molar refractivity (Wildman–Crippen MR) is 93.0 cm³/mol. The van der Waals surface area contributed by atoms with E-state index in [0.29, 0.717) is 34.2 Å². The number of para-hydroxylation sites is 1. The maximum atomic E-state index is 12.4. The normalized spacial score (nSPS) is 10.1. The van der Waals surface area contributed by atoms with E-state index >= 15 is 0 Å². The van der Waals surface area contributed by atoms with Gasteiger partial charge < -0.3 is 14.8 Å². The molecule has 1 amide bonds. The molecule has 2 rings (SSSR count). The molecule has 0 fully saturated rings. The van der Waals surface area contributed by atoms with Gasteiger partial charge in [0.2, 0.25) is 0 Å². The summed E-state index contributed by atoms with van der Waals surface area (Å²) in [6, 6.07) is 11.4. The molecule has 0 spiro atoms. The van der Waals surface area contributed by atoms with E-state index in [-0.39, 0.29) is 12.5 Å². The molecule has 6 heteroatoms. The van der Waals surface area contributed by atoms with Crippen molar-refractivity contribution in [2.45, 2.75) is 13.8 Å². The summed E-state index contributed by atoms with van der Waals surface area (Å²) in [5, 5.41) is 3.06. The second kappa shape index (κ2) is 8.36. The third kappa shape index (κ3) is 4.26. The molecular weight excluding hydrogens is 330 g/mol. The maximum absolute atomic E-state index is 12.4. The van der Waals surface area contributed by atoms with Crippen LogP contribution < -0.4 is 10.1 Å². The van der Waals surface area contributed by atoms with Crippen molar-refractivity contribution in [3.63, 3.8) is 0 Å². The van der Waals surface area contributed by atoms with Gasteiger partial charge in [-0.1, -0.05) is 23.7 Å². The lowest BCUT2D eigenvalue weighted by atomic mass is 10.1. The fraction of sp³-hybridized carbons (Fsp3) is 0.222. The van der Waals surface area contributed by atoms with Crippen LogP contribution >= 0.6 is 11.6 Å². The molecule has 5 nitrogen and oxygen atoms in total. The standard InChI is InChI=1S/C18H18ClNO4/c1-3-23-16-10-9-12(11-14(16)19)17(21)20-15-8-6-5-7-13(15)18(22)24-4-2/h5-11H,3-4H2,1-2H3,(H,20,21). The minimum atomic E-state index is -0.488. The summed E-state index contributed by atoms with van der Waals surface area (Å²) in [6.45, 7) is 4.32. The first-order valence-electron chi connectivity index (χ1n) is 7.56. The molecule has 0 aliphatic heterocycles. The first-order chi connectivity index (χ1) is 11.6. The van der Waals surface area contributed by atoms with E-state index in [1.54, 1.807) is 43.3 Å². The molecular formula is C18H18ClNO4. The van der Waals surface area contributed by atoms with Gasteiger partial charge in [0.1, 0.15) is 5.75 Å². The van der Waals surface area contributed by atoms with Crippen LogP contribution in [0.25, 0.3) is 0 Å². The van der Waals surface area contributed by atoms with Crippen LogP contribution in [0, 0.1) is 0 Å². The number of hydrogen-bond donors (Lipinski definition) is 1.